The van der Waals surface area contributed by atoms with E-state index in [1.54, 1.807) is 30.3 Å². The van der Waals surface area contributed by atoms with Gasteiger partial charge in [-0.1, -0.05) is 11.6 Å². The number of hydrogen-bond donors (Lipinski definition) is 0. The summed E-state index contributed by atoms with van der Waals surface area (Å²) in [6.45, 7) is 3.68. The number of ether oxygens (including phenoxy) is 1. The third-order valence-corrected chi connectivity index (χ3v) is 4.92. The Kier molecular flexibility index (Phi) is 5.49. The van der Waals surface area contributed by atoms with E-state index in [1.165, 1.54) is 12.1 Å². The molecule has 0 unspecified atom stereocenters. The Bertz CT molecular complexity index is 967. The van der Waals surface area contributed by atoms with Crippen LogP contribution in [-0.4, -0.2) is 17.0 Å². The summed E-state index contributed by atoms with van der Waals surface area (Å²) in [6, 6.07) is 13.1. The third-order valence-electron chi connectivity index (χ3n) is 4.07. The van der Waals surface area contributed by atoms with E-state index in [-0.39, 0.29) is 18.2 Å². The molecular formula is C20H16BrClFNO2. The lowest BCUT2D eigenvalue weighted by molar-refractivity contribution is 0.0920. The van der Waals surface area contributed by atoms with Crippen molar-refractivity contribution in [3.8, 4) is 11.4 Å². The number of carbonyl (C=O) groups excluding carboxylic acids is 1. The molecule has 0 spiro atoms. The van der Waals surface area contributed by atoms with E-state index in [4.69, 9.17) is 16.3 Å². The van der Waals surface area contributed by atoms with E-state index in [2.05, 4.69) is 15.9 Å². The molecular weight excluding hydrogens is 421 g/mol. The SMILES string of the molecule is Cc1cc(C(=O)COc2ccc(Cl)cc2Br)c(C)n1-c1ccc(F)cc1. The van der Waals surface area contributed by atoms with Gasteiger partial charge >= 0.3 is 0 Å². The van der Waals surface area contributed by atoms with Gasteiger partial charge in [-0.25, -0.2) is 4.39 Å². The number of halogens is 3. The standard InChI is InChI=1S/C20H16BrClFNO2/c1-12-9-17(13(2)24(12)16-6-4-15(23)5-7-16)19(25)11-26-20-8-3-14(22)10-18(20)21/h3-10H,11H2,1-2H3. The van der Waals surface area contributed by atoms with Crippen LogP contribution in [0.4, 0.5) is 4.39 Å². The van der Waals surface area contributed by atoms with Crippen molar-refractivity contribution in [2.45, 2.75) is 13.8 Å². The van der Waals surface area contributed by atoms with Crippen molar-refractivity contribution >= 4 is 33.3 Å². The summed E-state index contributed by atoms with van der Waals surface area (Å²) in [5, 5.41) is 0.582. The average Bonchev–Trinajstić information content (AvgIpc) is 2.89. The molecule has 3 nitrogen and oxygen atoms in total. The van der Waals surface area contributed by atoms with Crippen molar-refractivity contribution in [2.24, 2.45) is 0 Å². The number of nitrogens with zero attached hydrogens (tertiary/aromatic N) is 1. The van der Waals surface area contributed by atoms with Crippen LogP contribution in [0.15, 0.2) is 53.0 Å². The molecule has 0 radical (unpaired) electrons. The summed E-state index contributed by atoms with van der Waals surface area (Å²) in [7, 11) is 0. The first-order chi connectivity index (χ1) is 12.4. The number of rotatable bonds is 5. The van der Waals surface area contributed by atoms with Gasteiger partial charge in [-0.3, -0.25) is 4.79 Å². The zero-order chi connectivity index (χ0) is 18.8. The minimum Gasteiger partial charge on any atom is -0.484 e. The van der Waals surface area contributed by atoms with E-state index in [0.29, 0.717) is 20.8 Å². The zero-order valence-corrected chi connectivity index (χ0v) is 16.6. The van der Waals surface area contributed by atoms with Gasteiger partial charge in [0.2, 0.25) is 5.78 Å². The van der Waals surface area contributed by atoms with Crippen LogP contribution in [0.2, 0.25) is 5.02 Å². The number of ketones is 1. The fourth-order valence-corrected chi connectivity index (χ4v) is 3.64. The number of Topliss-reactive ketones (excluding diaryl/α,β-unsaturated/α-hetero) is 1. The minimum atomic E-state index is -0.297. The number of hydrogen-bond acceptors (Lipinski definition) is 2. The Hall–Kier alpha value is -2.11. The zero-order valence-electron chi connectivity index (χ0n) is 14.2. The van der Waals surface area contributed by atoms with Crippen LogP contribution in [0.3, 0.4) is 0 Å². The van der Waals surface area contributed by atoms with Crippen molar-refractivity contribution < 1.29 is 13.9 Å². The molecule has 0 saturated carbocycles. The molecule has 0 aliphatic heterocycles. The quantitative estimate of drug-likeness (QED) is 0.466. The van der Waals surface area contributed by atoms with E-state index in [1.807, 2.05) is 24.5 Å². The second-order valence-electron chi connectivity index (χ2n) is 5.88. The fraction of sp³-hybridized carbons (Fsp3) is 0.150. The highest BCUT2D eigenvalue weighted by molar-refractivity contribution is 9.10. The smallest absolute Gasteiger partial charge is 0.202 e. The van der Waals surface area contributed by atoms with Gasteiger partial charge in [-0.2, -0.15) is 0 Å². The van der Waals surface area contributed by atoms with E-state index in [0.717, 1.165) is 17.1 Å². The molecule has 0 fully saturated rings. The van der Waals surface area contributed by atoms with Gasteiger partial charge in [-0.15, -0.1) is 0 Å². The summed E-state index contributed by atoms with van der Waals surface area (Å²) in [4.78, 5) is 12.6. The van der Waals surface area contributed by atoms with Crippen LogP contribution >= 0.6 is 27.5 Å². The van der Waals surface area contributed by atoms with Crippen LogP contribution in [0, 0.1) is 19.7 Å². The minimum absolute atomic E-state index is 0.0893. The molecule has 26 heavy (non-hydrogen) atoms. The Morgan fingerprint density at radius 1 is 1.15 bits per heavy atom. The number of aromatic nitrogens is 1. The third kappa shape index (κ3) is 3.84. The lowest BCUT2D eigenvalue weighted by atomic mass is 10.1. The maximum absolute atomic E-state index is 13.2. The normalized spacial score (nSPS) is 10.8. The molecule has 0 amide bonds. The predicted octanol–water partition coefficient (Wildman–Crippen LogP) is 5.91. The molecule has 6 heteroatoms. The van der Waals surface area contributed by atoms with Gasteiger partial charge in [0.25, 0.3) is 0 Å². The van der Waals surface area contributed by atoms with Crippen molar-refractivity contribution in [3.05, 3.63) is 80.8 Å². The first-order valence-electron chi connectivity index (χ1n) is 7.92. The van der Waals surface area contributed by atoms with Gasteiger partial charge < -0.3 is 9.30 Å². The van der Waals surface area contributed by atoms with Crippen LogP contribution in [-0.2, 0) is 0 Å². The molecule has 1 heterocycles. The first kappa shape index (κ1) is 18.7. The summed E-state index contributed by atoms with van der Waals surface area (Å²) in [5.74, 6) is 0.123. The molecule has 3 rings (SSSR count). The molecule has 2 aromatic carbocycles. The van der Waals surface area contributed by atoms with Gasteiger partial charge in [0.15, 0.2) is 6.61 Å². The van der Waals surface area contributed by atoms with E-state index < -0.39 is 0 Å². The van der Waals surface area contributed by atoms with Crippen LogP contribution in [0.1, 0.15) is 21.7 Å². The summed E-state index contributed by atoms with van der Waals surface area (Å²) >= 11 is 9.27. The highest BCUT2D eigenvalue weighted by Crippen LogP contribution is 2.28. The number of aryl methyl sites for hydroxylation is 1. The molecule has 3 aromatic rings. The molecule has 0 atom stereocenters. The predicted molar refractivity (Wildman–Crippen MR) is 104 cm³/mol. The first-order valence-corrected chi connectivity index (χ1v) is 9.10. The molecule has 1 aromatic heterocycles. The lowest BCUT2D eigenvalue weighted by Crippen LogP contribution is -2.13. The highest BCUT2D eigenvalue weighted by atomic mass is 79.9. The monoisotopic (exact) mass is 435 g/mol. The summed E-state index contributed by atoms with van der Waals surface area (Å²) < 4.78 is 21.4. The van der Waals surface area contributed by atoms with Crippen molar-refractivity contribution in [2.75, 3.05) is 6.61 Å². The van der Waals surface area contributed by atoms with Crippen LogP contribution < -0.4 is 4.74 Å². The molecule has 0 aliphatic rings. The topological polar surface area (TPSA) is 31.2 Å². The van der Waals surface area contributed by atoms with E-state index >= 15 is 0 Å². The Morgan fingerprint density at radius 2 is 1.85 bits per heavy atom. The maximum atomic E-state index is 13.2. The average molecular weight is 437 g/mol. The summed E-state index contributed by atoms with van der Waals surface area (Å²) in [6.07, 6.45) is 0. The Balaban J connectivity index is 1.82. The maximum Gasteiger partial charge on any atom is 0.202 e. The molecule has 0 N–H and O–H groups in total. The molecule has 0 aliphatic carbocycles. The Morgan fingerprint density at radius 3 is 2.50 bits per heavy atom. The number of carbonyl (C=O) groups is 1. The largest absolute Gasteiger partial charge is 0.484 e. The Labute approximate surface area is 164 Å². The van der Waals surface area contributed by atoms with Gasteiger partial charge in [0.05, 0.1) is 4.47 Å². The number of benzene rings is 2. The van der Waals surface area contributed by atoms with E-state index in [9.17, 15) is 9.18 Å². The second kappa shape index (κ2) is 7.64. The van der Waals surface area contributed by atoms with Crippen molar-refractivity contribution in [1.82, 2.24) is 4.57 Å². The van der Waals surface area contributed by atoms with Crippen LogP contribution in [0.25, 0.3) is 5.69 Å². The fourth-order valence-electron chi connectivity index (χ4n) is 2.85. The summed E-state index contributed by atoms with van der Waals surface area (Å²) in [5.41, 5.74) is 3.07. The molecule has 0 bridgehead atoms. The molecule has 0 saturated heterocycles. The van der Waals surface area contributed by atoms with Gasteiger partial charge in [0, 0.05) is 27.7 Å². The van der Waals surface area contributed by atoms with Crippen molar-refractivity contribution in [3.63, 3.8) is 0 Å². The van der Waals surface area contributed by atoms with Gasteiger partial charge in [0.1, 0.15) is 11.6 Å². The highest BCUT2D eigenvalue weighted by Gasteiger charge is 2.17. The van der Waals surface area contributed by atoms with Crippen molar-refractivity contribution in [1.29, 1.82) is 0 Å². The lowest BCUT2D eigenvalue weighted by Gasteiger charge is -2.10. The second-order valence-corrected chi connectivity index (χ2v) is 7.17. The van der Waals surface area contributed by atoms with Crippen LogP contribution in [0.5, 0.6) is 5.75 Å². The molecule has 134 valence electrons. The van der Waals surface area contributed by atoms with Gasteiger partial charge in [-0.05, 0) is 78.3 Å².